The van der Waals surface area contributed by atoms with E-state index < -0.39 is 0 Å². The van der Waals surface area contributed by atoms with E-state index in [1.807, 2.05) is 30.3 Å². The van der Waals surface area contributed by atoms with E-state index in [1.54, 1.807) is 6.20 Å². The van der Waals surface area contributed by atoms with Crippen molar-refractivity contribution in [2.45, 2.75) is 46.5 Å². The van der Waals surface area contributed by atoms with Crippen molar-refractivity contribution in [1.29, 1.82) is 0 Å². The number of benzene rings is 2. The van der Waals surface area contributed by atoms with Gasteiger partial charge in [0, 0.05) is 11.1 Å². The van der Waals surface area contributed by atoms with Crippen LogP contribution in [0.3, 0.4) is 0 Å². The molecule has 27 heavy (non-hydrogen) atoms. The third-order valence-corrected chi connectivity index (χ3v) is 4.80. The van der Waals surface area contributed by atoms with E-state index in [2.05, 4.69) is 56.1 Å². The Morgan fingerprint density at radius 2 is 1.67 bits per heavy atom. The van der Waals surface area contributed by atoms with Crippen molar-refractivity contribution in [3.63, 3.8) is 0 Å². The highest BCUT2D eigenvalue weighted by molar-refractivity contribution is 5.87. The summed E-state index contributed by atoms with van der Waals surface area (Å²) in [5.41, 5.74) is 11.0. The molecule has 3 aromatic rings. The molecule has 142 valence electrons. The molecule has 0 saturated carbocycles. The van der Waals surface area contributed by atoms with Gasteiger partial charge in [-0.15, -0.1) is 5.10 Å². The minimum atomic E-state index is -0.0857. The van der Waals surface area contributed by atoms with Crippen LogP contribution in [0.2, 0.25) is 0 Å². The van der Waals surface area contributed by atoms with E-state index in [0.29, 0.717) is 11.3 Å². The Morgan fingerprint density at radius 1 is 1.00 bits per heavy atom. The molecule has 0 bridgehead atoms. The molecule has 0 aliphatic heterocycles. The lowest BCUT2D eigenvalue weighted by Crippen LogP contribution is -2.25. The Morgan fingerprint density at radius 3 is 2.26 bits per heavy atom. The largest absolute Gasteiger partial charge is 0.505 e. The Balaban J connectivity index is 2.17. The molecule has 2 aromatic carbocycles. The molecule has 0 amide bonds. The van der Waals surface area contributed by atoms with E-state index in [-0.39, 0.29) is 16.6 Å². The summed E-state index contributed by atoms with van der Waals surface area (Å²) >= 11 is 0. The fourth-order valence-electron chi connectivity index (χ4n) is 3.96. The molecule has 5 nitrogen and oxygen atoms in total. The van der Waals surface area contributed by atoms with E-state index in [9.17, 15) is 5.11 Å². The average Bonchev–Trinajstić information content (AvgIpc) is 3.09. The fourth-order valence-corrected chi connectivity index (χ4v) is 3.96. The third-order valence-electron chi connectivity index (χ3n) is 4.80. The van der Waals surface area contributed by atoms with E-state index in [0.717, 1.165) is 28.8 Å². The van der Waals surface area contributed by atoms with Gasteiger partial charge in [-0.05, 0) is 40.5 Å². The molecule has 0 atom stereocenters. The first kappa shape index (κ1) is 19.0. The van der Waals surface area contributed by atoms with Crippen LogP contribution in [0.5, 0.6) is 5.75 Å². The van der Waals surface area contributed by atoms with Crippen molar-refractivity contribution in [3.05, 3.63) is 48.2 Å². The van der Waals surface area contributed by atoms with Crippen LogP contribution < -0.4 is 5.73 Å². The third kappa shape index (κ3) is 3.97. The number of anilines is 1. The number of aromatic nitrogens is 3. The fraction of sp³-hybridized carbons (Fsp3) is 0.364. The molecule has 5 heteroatoms. The van der Waals surface area contributed by atoms with Gasteiger partial charge in [0.25, 0.3) is 0 Å². The molecule has 0 radical (unpaired) electrons. The minimum absolute atomic E-state index is 0.0857. The summed E-state index contributed by atoms with van der Waals surface area (Å²) in [5, 5.41) is 21.4. The molecule has 0 spiro atoms. The second-order valence-electron chi connectivity index (χ2n) is 8.99. The lowest BCUT2D eigenvalue weighted by molar-refractivity contribution is 0.284. The zero-order valence-corrected chi connectivity index (χ0v) is 16.7. The number of H-pyrrole nitrogens is 1. The number of nitrogens with two attached hydrogens (primary N) is 1. The SMILES string of the molecule is CC(C)(C)CC(C)(C)c1cc(N)c(O)c(-c2ccccc2-c2c[nH]nn2)c1. The maximum Gasteiger partial charge on any atom is 0.146 e. The number of hydrogen-bond acceptors (Lipinski definition) is 4. The molecule has 1 aromatic heterocycles. The van der Waals surface area contributed by atoms with Gasteiger partial charge in [0.15, 0.2) is 0 Å². The van der Waals surface area contributed by atoms with Crippen LogP contribution in [0.1, 0.15) is 46.6 Å². The summed E-state index contributed by atoms with van der Waals surface area (Å²) in [6.45, 7) is 11.1. The highest BCUT2D eigenvalue weighted by Crippen LogP contribution is 2.44. The molecule has 0 saturated heterocycles. The quantitative estimate of drug-likeness (QED) is 0.442. The molecule has 0 unspecified atom stereocenters. The molecule has 0 aliphatic carbocycles. The first-order chi connectivity index (χ1) is 12.6. The normalized spacial score (nSPS) is 12.3. The predicted molar refractivity (Wildman–Crippen MR) is 110 cm³/mol. The number of phenols is 1. The van der Waals surface area contributed by atoms with Crippen LogP contribution in [0.25, 0.3) is 22.4 Å². The second kappa shape index (κ2) is 6.72. The van der Waals surface area contributed by atoms with Crippen LogP contribution >= 0.6 is 0 Å². The lowest BCUT2D eigenvalue weighted by Gasteiger charge is -2.33. The maximum absolute atomic E-state index is 10.7. The number of hydrogen-bond donors (Lipinski definition) is 3. The highest BCUT2D eigenvalue weighted by atomic mass is 16.3. The molecule has 0 aliphatic rings. The zero-order chi connectivity index (χ0) is 19.8. The Kier molecular flexibility index (Phi) is 4.72. The standard InChI is InChI=1S/C22H28N4O/c1-21(2,3)13-22(4,5)14-10-17(20(27)18(23)11-14)15-8-6-7-9-16(15)19-12-24-26-25-19/h6-12,27H,13,23H2,1-5H3,(H,24,25,26). The van der Waals surface area contributed by atoms with Gasteiger partial charge in [0.2, 0.25) is 0 Å². The summed E-state index contributed by atoms with van der Waals surface area (Å²) in [6.07, 6.45) is 2.74. The first-order valence-electron chi connectivity index (χ1n) is 9.18. The number of rotatable bonds is 4. The number of nitrogen functional groups attached to an aromatic ring is 1. The van der Waals surface area contributed by atoms with Gasteiger partial charge in [-0.1, -0.05) is 64.1 Å². The lowest BCUT2D eigenvalue weighted by atomic mass is 9.71. The smallest absolute Gasteiger partial charge is 0.146 e. The number of nitrogens with one attached hydrogen (secondary N) is 1. The van der Waals surface area contributed by atoms with Crippen molar-refractivity contribution in [2.24, 2.45) is 5.41 Å². The highest BCUT2D eigenvalue weighted by Gasteiger charge is 2.29. The molecule has 0 fully saturated rings. The summed E-state index contributed by atoms with van der Waals surface area (Å²) in [5.74, 6) is 0.0984. The van der Waals surface area contributed by atoms with Crippen molar-refractivity contribution >= 4 is 5.69 Å². The number of aromatic hydroxyl groups is 1. The van der Waals surface area contributed by atoms with Gasteiger partial charge < -0.3 is 10.8 Å². The average molecular weight is 364 g/mol. The van der Waals surface area contributed by atoms with Crippen LogP contribution in [-0.2, 0) is 5.41 Å². The van der Waals surface area contributed by atoms with Gasteiger partial charge in [-0.2, -0.15) is 0 Å². The van der Waals surface area contributed by atoms with Gasteiger partial charge in [0.05, 0.1) is 11.9 Å². The number of nitrogens with zero attached hydrogens (tertiary/aromatic N) is 2. The summed E-state index contributed by atoms with van der Waals surface area (Å²) in [6, 6.07) is 11.8. The summed E-state index contributed by atoms with van der Waals surface area (Å²) in [7, 11) is 0. The van der Waals surface area contributed by atoms with Gasteiger partial charge in [-0.25, -0.2) is 0 Å². The molecule has 3 rings (SSSR count). The summed E-state index contributed by atoms with van der Waals surface area (Å²) < 4.78 is 0. The van der Waals surface area contributed by atoms with Crippen LogP contribution in [0.4, 0.5) is 5.69 Å². The minimum Gasteiger partial charge on any atom is -0.505 e. The Hall–Kier alpha value is -2.82. The number of aromatic amines is 1. The zero-order valence-electron chi connectivity index (χ0n) is 16.7. The van der Waals surface area contributed by atoms with Crippen molar-refractivity contribution < 1.29 is 5.11 Å². The monoisotopic (exact) mass is 364 g/mol. The van der Waals surface area contributed by atoms with Crippen LogP contribution in [0.15, 0.2) is 42.6 Å². The van der Waals surface area contributed by atoms with Gasteiger partial charge in [-0.3, -0.25) is 5.10 Å². The summed E-state index contributed by atoms with van der Waals surface area (Å²) in [4.78, 5) is 0. The van der Waals surface area contributed by atoms with E-state index in [1.165, 1.54) is 0 Å². The predicted octanol–water partition coefficient (Wildman–Crippen LogP) is 5.14. The second-order valence-corrected chi connectivity index (χ2v) is 8.99. The first-order valence-corrected chi connectivity index (χ1v) is 9.18. The molecular formula is C22H28N4O. The van der Waals surface area contributed by atoms with Crippen molar-refractivity contribution in [3.8, 4) is 28.1 Å². The van der Waals surface area contributed by atoms with Crippen LogP contribution in [0, 0.1) is 5.41 Å². The van der Waals surface area contributed by atoms with E-state index in [4.69, 9.17) is 5.73 Å². The maximum atomic E-state index is 10.7. The molecule has 1 heterocycles. The van der Waals surface area contributed by atoms with Gasteiger partial charge >= 0.3 is 0 Å². The van der Waals surface area contributed by atoms with Gasteiger partial charge in [0.1, 0.15) is 11.4 Å². The molecule has 4 N–H and O–H groups in total. The Labute approximate surface area is 160 Å². The topological polar surface area (TPSA) is 87.8 Å². The molecular weight excluding hydrogens is 336 g/mol. The van der Waals surface area contributed by atoms with Crippen LogP contribution in [-0.4, -0.2) is 20.5 Å². The Bertz CT molecular complexity index is 937. The van der Waals surface area contributed by atoms with E-state index >= 15 is 0 Å². The van der Waals surface area contributed by atoms with Crippen molar-refractivity contribution in [2.75, 3.05) is 5.73 Å². The van der Waals surface area contributed by atoms with Crippen molar-refractivity contribution in [1.82, 2.24) is 15.4 Å². The number of phenolic OH excluding ortho intramolecular Hbond substituents is 1.